The molecule has 0 bridgehead atoms. The van der Waals surface area contributed by atoms with Gasteiger partial charge in [-0.1, -0.05) is 27.7 Å². The van der Waals surface area contributed by atoms with Crippen molar-refractivity contribution >= 4 is 5.97 Å². The summed E-state index contributed by atoms with van der Waals surface area (Å²) in [4.78, 5) is 12.1. The molecule has 3 saturated heterocycles. The maximum absolute atomic E-state index is 12.1. The Morgan fingerprint density at radius 2 is 1.21 bits per heavy atom. The smallest absolute Gasteiger partial charge is 0.335 e. The van der Waals surface area contributed by atoms with E-state index in [0.29, 0.717) is 0 Å². The Morgan fingerprint density at radius 1 is 0.711 bits per heavy atom. The normalized spacial score (nSPS) is 48.6. The van der Waals surface area contributed by atoms with Crippen LogP contribution >= 0.6 is 0 Å². The number of aliphatic hydroxyl groups excluding tert-OH is 8. The number of carbonyl (C=O) groups is 1. The van der Waals surface area contributed by atoms with Gasteiger partial charge in [-0.05, 0) is 5.41 Å². The Balaban J connectivity index is 1.91. The minimum Gasteiger partial charge on any atom is -0.479 e. The molecule has 38 heavy (non-hydrogen) atoms. The van der Waals surface area contributed by atoms with Crippen molar-refractivity contribution in [3.05, 3.63) is 0 Å². The van der Waals surface area contributed by atoms with Crippen molar-refractivity contribution in [2.45, 2.75) is 114 Å². The van der Waals surface area contributed by atoms with Crippen molar-refractivity contribution in [2.75, 3.05) is 13.2 Å². The molecule has 3 heterocycles. The van der Waals surface area contributed by atoms with Gasteiger partial charge >= 0.3 is 5.97 Å². The summed E-state index contributed by atoms with van der Waals surface area (Å²) in [7, 11) is 0. The molecule has 0 aliphatic carbocycles. The zero-order chi connectivity index (χ0) is 28.7. The zero-order valence-corrected chi connectivity index (χ0v) is 21.5. The second kappa shape index (κ2) is 12.2. The highest BCUT2D eigenvalue weighted by Crippen LogP contribution is 2.39. The fraction of sp³-hybridized carbons (Fsp3) is 0.957. The van der Waals surface area contributed by atoms with Gasteiger partial charge in [0.1, 0.15) is 48.8 Å². The van der Waals surface area contributed by atoms with E-state index in [9.17, 15) is 50.8 Å². The predicted molar refractivity (Wildman–Crippen MR) is 122 cm³/mol. The van der Waals surface area contributed by atoms with Gasteiger partial charge in [-0.2, -0.15) is 0 Å². The summed E-state index contributed by atoms with van der Waals surface area (Å²) < 4.78 is 28.2. The second-order valence-corrected chi connectivity index (χ2v) is 11.1. The van der Waals surface area contributed by atoms with Crippen LogP contribution in [0.15, 0.2) is 0 Å². The minimum absolute atomic E-state index is 0.499. The van der Waals surface area contributed by atoms with Gasteiger partial charge in [0.05, 0.1) is 31.5 Å². The molecule has 15 unspecified atom stereocenters. The Hall–Kier alpha value is -1.05. The number of carboxylic acids is 1. The molecule has 222 valence electrons. The third-order valence-electron chi connectivity index (χ3n) is 7.33. The van der Waals surface area contributed by atoms with E-state index in [-0.39, 0.29) is 0 Å². The Bertz CT molecular complexity index is 787. The van der Waals surface area contributed by atoms with Gasteiger partial charge in [0.15, 0.2) is 18.7 Å². The minimum atomic E-state index is -1.89. The lowest BCUT2D eigenvalue weighted by molar-refractivity contribution is -0.364. The monoisotopic (exact) mass is 556 g/mol. The summed E-state index contributed by atoms with van der Waals surface area (Å²) in [5, 5.41) is 91.8. The number of aliphatic carboxylic acids is 1. The summed E-state index contributed by atoms with van der Waals surface area (Å²) in [5.41, 5.74) is -0.852. The molecule has 15 nitrogen and oxygen atoms in total. The summed E-state index contributed by atoms with van der Waals surface area (Å²) >= 11 is 0. The van der Waals surface area contributed by atoms with E-state index >= 15 is 0 Å². The number of rotatable bonds is 7. The van der Waals surface area contributed by atoms with Crippen molar-refractivity contribution in [1.29, 1.82) is 0 Å². The van der Waals surface area contributed by atoms with Gasteiger partial charge in [0.2, 0.25) is 0 Å². The molecule has 0 aromatic heterocycles. The van der Waals surface area contributed by atoms with Crippen LogP contribution in [0.25, 0.3) is 0 Å². The largest absolute Gasteiger partial charge is 0.479 e. The molecule has 0 radical (unpaired) electrons. The number of carboxylic acid groups (broad SMARTS) is 1. The van der Waals surface area contributed by atoms with Crippen LogP contribution in [0.5, 0.6) is 0 Å². The number of ether oxygens (including phenoxy) is 5. The highest BCUT2D eigenvalue weighted by atomic mass is 16.7. The number of aliphatic hydroxyl groups is 8. The van der Waals surface area contributed by atoms with E-state index in [1.54, 1.807) is 27.7 Å². The first-order valence-corrected chi connectivity index (χ1v) is 12.4. The maximum Gasteiger partial charge on any atom is 0.335 e. The molecule has 3 fully saturated rings. The van der Waals surface area contributed by atoms with E-state index in [2.05, 4.69) is 0 Å². The molecule has 0 saturated carbocycles. The van der Waals surface area contributed by atoms with Crippen molar-refractivity contribution in [2.24, 2.45) is 11.3 Å². The van der Waals surface area contributed by atoms with Gasteiger partial charge in [0.25, 0.3) is 0 Å². The summed E-state index contributed by atoms with van der Waals surface area (Å²) in [6, 6.07) is 0. The molecule has 15 heteroatoms. The van der Waals surface area contributed by atoms with Crippen LogP contribution in [0.3, 0.4) is 0 Å². The van der Waals surface area contributed by atoms with Crippen LogP contribution in [0.4, 0.5) is 0 Å². The number of hydrogen-bond donors (Lipinski definition) is 9. The van der Waals surface area contributed by atoms with Crippen LogP contribution in [0, 0.1) is 11.3 Å². The predicted octanol–water partition coefficient (Wildman–Crippen LogP) is -4.11. The molecular formula is C23H40O15. The first-order chi connectivity index (χ1) is 17.6. The molecule has 0 amide bonds. The maximum atomic E-state index is 12.1. The molecule has 9 N–H and O–H groups in total. The van der Waals surface area contributed by atoms with Gasteiger partial charge in [-0.25, -0.2) is 4.79 Å². The second-order valence-electron chi connectivity index (χ2n) is 11.1. The van der Waals surface area contributed by atoms with Crippen LogP contribution in [-0.2, 0) is 28.5 Å². The molecule has 0 aromatic rings. The highest BCUT2D eigenvalue weighted by Gasteiger charge is 2.57. The third-order valence-corrected chi connectivity index (χ3v) is 7.33. The summed E-state index contributed by atoms with van der Waals surface area (Å²) in [6.07, 6.45) is -22.0. The third kappa shape index (κ3) is 6.15. The first kappa shape index (κ1) is 31.5. The quantitative estimate of drug-likeness (QED) is 0.145. The molecule has 3 rings (SSSR count). The lowest BCUT2D eigenvalue weighted by atomic mass is 9.79. The SMILES string of the molecule is CC1C(CO)OC(OC2C(O)C(OC3OC(CO)C(O)C(O)C3O)C(C(=O)O)OC2C(C)(C)C)C(O)C1O. The van der Waals surface area contributed by atoms with Crippen LogP contribution in [0.1, 0.15) is 27.7 Å². The molecule has 3 aliphatic rings. The first-order valence-electron chi connectivity index (χ1n) is 12.4. The average Bonchev–Trinajstić information content (AvgIpc) is 2.85. The Labute approximate surface area is 219 Å². The van der Waals surface area contributed by atoms with Crippen LogP contribution < -0.4 is 0 Å². The lowest BCUT2D eigenvalue weighted by Crippen LogP contribution is -2.68. The van der Waals surface area contributed by atoms with Crippen molar-refractivity contribution in [3.8, 4) is 0 Å². The molecular weight excluding hydrogens is 516 g/mol. The topological polar surface area (TPSA) is 245 Å². The van der Waals surface area contributed by atoms with E-state index in [1.165, 1.54) is 0 Å². The van der Waals surface area contributed by atoms with Crippen molar-refractivity contribution in [3.63, 3.8) is 0 Å². The van der Waals surface area contributed by atoms with Gasteiger partial charge in [-0.15, -0.1) is 0 Å². The zero-order valence-electron chi connectivity index (χ0n) is 21.5. The van der Waals surface area contributed by atoms with E-state index in [4.69, 9.17) is 23.7 Å². The highest BCUT2D eigenvalue weighted by molar-refractivity contribution is 5.73. The molecule has 0 aromatic carbocycles. The van der Waals surface area contributed by atoms with Crippen LogP contribution in [-0.4, -0.2) is 151 Å². The van der Waals surface area contributed by atoms with E-state index < -0.39 is 116 Å². The standard InChI is InChI=1S/C23H40O15/c1-7-8(5-24)34-21(13(29)10(7)26)38-17-15(31)16(18(20(32)33)36-19(17)23(2,3)4)37-22-14(30)12(28)11(27)9(6-25)35-22/h7-19,21-22,24-31H,5-6H2,1-4H3,(H,32,33). The average molecular weight is 557 g/mol. The molecule has 3 aliphatic heterocycles. The van der Waals surface area contributed by atoms with Crippen LogP contribution in [0.2, 0.25) is 0 Å². The number of hydrogen-bond acceptors (Lipinski definition) is 14. The summed E-state index contributed by atoms with van der Waals surface area (Å²) in [5.74, 6) is -2.19. The van der Waals surface area contributed by atoms with Gasteiger partial charge in [0, 0.05) is 5.92 Å². The lowest BCUT2D eigenvalue weighted by Gasteiger charge is -2.51. The van der Waals surface area contributed by atoms with Crippen molar-refractivity contribution < 1.29 is 74.4 Å². The summed E-state index contributed by atoms with van der Waals surface area (Å²) in [6.45, 7) is 5.35. The van der Waals surface area contributed by atoms with Gasteiger partial charge < -0.3 is 69.6 Å². The van der Waals surface area contributed by atoms with Gasteiger partial charge in [-0.3, -0.25) is 0 Å². The molecule has 0 spiro atoms. The fourth-order valence-electron chi connectivity index (χ4n) is 4.94. The Kier molecular flexibility index (Phi) is 10.1. The molecule has 15 atom stereocenters. The van der Waals surface area contributed by atoms with E-state index in [1.807, 2.05) is 0 Å². The fourth-order valence-corrected chi connectivity index (χ4v) is 4.94. The van der Waals surface area contributed by atoms with E-state index in [0.717, 1.165) is 0 Å². The van der Waals surface area contributed by atoms with Crippen molar-refractivity contribution in [1.82, 2.24) is 0 Å². The Morgan fingerprint density at radius 3 is 1.71 bits per heavy atom.